The summed E-state index contributed by atoms with van der Waals surface area (Å²) in [6.07, 6.45) is 0. The summed E-state index contributed by atoms with van der Waals surface area (Å²) in [6, 6.07) is 0. The minimum Gasteiger partial charge on any atom is -0.368 e. The lowest BCUT2D eigenvalue weighted by Crippen LogP contribution is -2.06. The van der Waals surface area contributed by atoms with Gasteiger partial charge in [0.25, 0.3) is 0 Å². The molecule has 3 N–H and O–H groups in total. The van der Waals surface area contributed by atoms with Gasteiger partial charge in [-0.3, -0.25) is 0 Å². The van der Waals surface area contributed by atoms with Crippen LogP contribution < -0.4 is 5.73 Å². The highest BCUT2D eigenvalue weighted by Gasteiger charge is 2.25. The quantitative estimate of drug-likeness (QED) is 0.395. The van der Waals surface area contributed by atoms with E-state index in [1.54, 1.807) is 0 Å². The summed E-state index contributed by atoms with van der Waals surface area (Å²) in [5, 5.41) is 5.84. The summed E-state index contributed by atoms with van der Waals surface area (Å²) in [4.78, 5) is 3.62. The fourth-order valence-corrected chi connectivity index (χ4v) is 2.04. The Morgan fingerprint density at radius 2 is 1.47 bits per heavy atom. The summed E-state index contributed by atoms with van der Waals surface area (Å²) in [5.41, 5.74) is 4.28. The second-order valence-corrected chi connectivity index (χ2v) is 4.28. The highest BCUT2D eigenvalue weighted by molar-refractivity contribution is 7.98. The number of nitrogens with two attached hydrogens (primary N) is 1. The number of anilines is 1. The largest absolute Gasteiger partial charge is 0.368 e. The fraction of sp³-hybridized carbons (Fsp3) is 0.111. The van der Waals surface area contributed by atoms with Gasteiger partial charge < -0.3 is 5.73 Å². The number of nitrogen functional groups attached to an aromatic ring is 1. The average Bonchev–Trinajstić information content (AvgIpc) is 2.80. The van der Waals surface area contributed by atoms with Crippen LogP contribution >= 0.6 is 11.8 Å². The Morgan fingerprint density at radius 3 is 1.95 bits per heavy atom. The number of thioether (sulfide) groups is 1. The van der Waals surface area contributed by atoms with Crippen LogP contribution in [0.1, 0.15) is 5.56 Å². The third kappa shape index (κ3) is 2.48. The first kappa shape index (κ1) is 13.6. The second-order valence-electron chi connectivity index (χ2n) is 3.34. The van der Waals surface area contributed by atoms with Crippen LogP contribution in [-0.4, -0.2) is 15.2 Å². The zero-order chi connectivity index (χ0) is 14.2. The van der Waals surface area contributed by atoms with E-state index in [9.17, 15) is 22.0 Å². The van der Waals surface area contributed by atoms with Gasteiger partial charge in [-0.05, 0) is 0 Å². The van der Waals surface area contributed by atoms with E-state index in [2.05, 4.69) is 15.2 Å². The van der Waals surface area contributed by atoms with Crippen LogP contribution in [0.5, 0.6) is 0 Å². The zero-order valence-electron chi connectivity index (χ0n) is 8.98. The molecule has 0 atom stereocenters. The predicted molar refractivity (Wildman–Crippen MR) is 56.6 cm³/mol. The van der Waals surface area contributed by atoms with Gasteiger partial charge in [0.2, 0.25) is 16.9 Å². The number of halogens is 5. The van der Waals surface area contributed by atoms with Gasteiger partial charge in [0, 0.05) is 11.3 Å². The Bertz CT molecular complexity index is 600. The molecule has 0 unspecified atom stereocenters. The molecule has 0 fully saturated rings. The van der Waals surface area contributed by atoms with Crippen molar-refractivity contribution in [3.63, 3.8) is 0 Å². The minimum absolute atomic E-state index is 0.0279. The smallest absolute Gasteiger partial charge is 0.216 e. The van der Waals surface area contributed by atoms with Crippen molar-refractivity contribution in [1.82, 2.24) is 15.2 Å². The zero-order valence-corrected chi connectivity index (χ0v) is 9.79. The molecule has 2 rings (SSSR count). The topological polar surface area (TPSA) is 67.6 Å². The van der Waals surface area contributed by atoms with Gasteiger partial charge in [0.05, 0.1) is 0 Å². The number of nitrogens with zero attached hydrogens (tertiary/aromatic N) is 2. The van der Waals surface area contributed by atoms with E-state index >= 15 is 0 Å². The van der Waals surface area contributed by atoms with Gasteiger partial charge in [-0.15, -0.1) is 5.10 Å². The van der Waals surface area contributed by atoms with E-state index < -0.39 is 40.4 Å². The third-order valence-electron chi connectivity index (χ3n) is 2.13. The predicted octanol–water partition coefficient (Wildman–Crippen LogP) is 2.37. The van der Waals surface area contributed by atoms with Crippen LogP contribution in [0.15, 0.2) is 5.16 Å². The van der Waals surface area contributed by atoms with Crippen molar-refractivity contribution in [1.29, 1.82) is 0 Å². The Kier molecular flexibility index (Phi) is 3.60. The first-order valence-electron chi connectivity index (χ1n) is 4.72. The van der Waals surface area contributed by atoms with Crippen LogP contribution in [0.25, 0.3) is 0 Å². The molecule has 0 spiro atoms. The van der Waals surface area contributed by atoms with Crippen LogP contribution in [0.4, 0.5) is 27.9 Å². The molecule has 1 heterocycles. The van der Waals surface area contributed by atoms with Gasteiger partial charge in [-0.1, -0.05) is 11.8 Å². The summed E-state index contributed by atoms with van der Waals surface area (Å²) < 4.78 is 65.2. The molecule has 0 saturated heterocycles. The molecule has 0 aliphatic heterocycles. The second kappa shape index (κ2) is 5.03. The van der Waals surface area contributed by atoms with E-state index in [4.69, 9.17) is 5.73 Å². The molecule has 0 aliphatic carbocycles. The van der Waals surface area contributed by atoms with Crippen molar-refractivity contribution < 1.29 is 22.0 Å². The Hall–Kier alpha value is -1.84. The third-order valence-corrected chi connectivity index (χ3v) is 3.00. The summed E-state index contributed by atoms with van der Waals surface area (Å²) in [5.74, 6) is -10.4. The molecule has 1 aromatic heterocycles. The lowest BCUT2D eigenvalue weighted by molar-refractivity contribution is 0.372. The number of rotatable bonds is 3. The van der Waals surface area contributed by atoms with Gasteiger partial charge in [-0.2, -0.15) is 4.98 Å². The highest BCUT2D eigenvalue weighted by Crippen LogP contribution is 2.28. The molecule has 0 amide bonds. The van der Waals surface area contributed by atoms with Crippen molar-refractivity contribution in [2.24, 2.45) is 0 Å². The molecular formula is C9H5F5N4S. The molecule has 0 bridgehead atoms. The van der Waals surface area contributed by atoms with E-state index in [-0.39, 0.29) is 11.1 Å². The average molecular weight is 296 g/mol. The van der Waals surface area contributed by atoms with Crippen LogP contribution in [0.3, 0.4) is 0 Å². The van der Waals surface area contributed by atoms with Crippen molar-refractivity contribution in [3.05, 3.63) is 34.6 Å². The normalized spacial score (nSPS) is 11.0. The highest BCUT2D eigenvalue weighted by atomic mass is 32.2. The molecular weight excluding hydrogens is 291 g/mol. The number of benzene rings is 1. The number of H-pyrrole nitrogens is 1. The van der Waals surface area contributed by atoms with E-state index in [0.717, 1.165) is 0 Å². The van der Waals surface area contributed by atoms with Crippen LogP contribution in [0.2, 0.25) is 0 Å². The lowest BCUT2D eigenvalue weighted by atomic mass is 10.2. The van der Waals surface area contributed by atoms with Crippen molar-refractivity contribution >= 4 is 17.7 Å². The fourth-order valence-electron chi connectivity index (χ4n) is 1.24. The summed E-state index contributed by atoms with van der Waals surface area (Å²) >= 11 is 0.677. The van der Waals surface area contributed by atoms with Gasteiger partial charge >= 0.3 is 0 Å². The number of hydrogen-bond donors (Lipinski definition) is 2. The molecule has 0 aliphatic rings. The molecule has 10 heteroatoms. The molecule has 19 heavy (non-hydrogen) atoms. The summed E-state index contributed by atoms with van der Waals surface area (Å²) in [7, 11) is 0. The van der Waals surface area contributed by atoms with Gasteiger partial charge in [0.1, 0.15) is 0 Å². The number of nitrogens with one attached hydrogen (secondary N) is 1. The number of hydrogen-bond acceptors (Lipinski definition) is 4. The van der Waals surface area contributed by atoms with Gasteiger partial charge in [0.15, 0.2) is 23.3 Å². The molecule has 1 aromatic carbocycles. The van der Waals surface area contributed by atoms with Crippen LogP contribution in [0, 0.1) is 29.1 Å². The maximum absolute atomic E-state index is 13.3. The Balaban J connectivity index is 2.30. The summed E-state index contributed by atoms with van der Waals surface area (Å²) in [6.45, 7) is 0. The van der Waals surface area contributed by atoms with Crippen molar-refractivity contribution in [3.8, 4) is 0 Å². The minimum atomic E-state index is -2.19. The molecule has 0 saturated carbocycles. The van der Waals surface area contributed by atoms with E-state index in [1.807, 2.05) is 0 Å². The Labute approximate surface area is 107 Å². The first-order chi connectivity index (χ1) is 8.91. The number of aromatic amines is 1. The SMILES string of the molecule is Nc1nc(SCc2c(F)c(F)c(F)c(F)c2F)n[nH]1. The maximum Gasteiger partial charge on any atom is 0.216 e. The molecule has 102 valence electrons. The van der Waals surface area contributed by atoms with E-state index in [0.29, 0.717) is 11.8 Å². The van der Waals surface area contributed by atoms with Crippen molar-refractivity contribution in [2.45, 2.75) is 10.9 Å². The molecule has 4 nitrogen and oxygen atoms in total. The molecule has 0 radical (unpaired) electrons. The number of aromatic nitrogens is 3. The first-order valence-corrected chi connectivity index (χ1v) is 5.71. The van der Waals surface area contributed by atoms with E-state index in [1.165, 1.54) is 0 Å². The lowest BCUT2D eigenvalue weighted by Gasteiger charge is -2.06. The van der Waals surface area contributed by atoms with Crippen molar-refractivity contribution in [2.75, 3.05) is 5.73 Å². The van der Waals surface area contributed by atoms with Gasteiger partial charge in [-0.25, -0.2) is 27.1 Å². The molecule has 2 aromatic rings. The maximum atomic E-state index is 13.3. The standard InChI is InChI=1S/C9H5F5N4S/c10-3-2(1-19-9-16-8(15)17-18-9)4(11)6(13)7(14)5(3)12/h1H2,(H3,15,16,17,18). The monoisotopic (exact) mass is 296 g/mol. The Morgan fingerprint density at radius 1 is 0.947 bits per heavy atom. The van der Waals surface area contributed by atoms with Crippen LogP contribution in [-0.2, 0) is 5.75 Å².